The van der Waals surface area contributed by atoms with E-state index in [1.54, 1.807) is 22.9 Å². The van der Waals surface area contributed by atoms with E-state index in [1.807, 2.05) is 25.1 Å². The molecule has 0 unspecified atom stereocenters. The van der Waals surface area contributed by atoms with E-state index < -0.39 is 0 Å². The van der Waals surface area contributed by atoms with Gasteiger partial charge in [0.2, 0.25) is 5.95 Å². The fourth-order valence-electron chi connectivity index (χ4n) is 2.94. The van der Waals surface area contributed by atoms with Crippen molar-refractivity contribution in [2.45, 2.75) is 13.0 Å². The van der Waals surface area contributed by atoms with Crippen LogP contribution in [-0.2, 0) is 0 Å². The Morgan fingerprint density at radius 2 is 2.07 bits per heavy atom. The number of rotatable bonds is 4. The molecule has 0 spiro atoms. The molecule has 0 saturated carbocycles. The largest absolute Gasteiger partial charge is 0.368 e. The molecular weight excluding hydrogens is 359 g/mol. The first-order valence-electron chi connectivity index (χ1n) is 8.45. The summed E-state index contributed by atoms with van der Waals surface area (Å²) in [5.41, 5.74) is 7.12. The number of fused-ring (bicyclic) bond motifs is 1. The van der Waals surface area contributed by atoms with Crippen LogP contribution in [0.25, 0.3) is 16.9 Å². The molecule has 3 aromatic heterocycles. The normalized spacial score (nSPS) is 11.9. The van der Waals surface area contributed by atoms with Gasteiger partial charge in [0.1, 0.15) is 34.9 Å². The lowest BCUT2D eigenvalue weighted by Gasteiger charge is -2.17. The second kappa shape index (κ2) is 6.92. The Morgan fingerprint density at radius 3 is 2.82 bits per heavy atom. The quantitative estimate of drug-likeness (QED) is 0.564. The molecular formula is C19H15FN8. The molecule has 0 aliphatic rings. The zero-order valence-electron chi connectivity index (χ0n) is 14.8. The van der Waals surface area contributed by atoms with Gasteiger partial charge in [0.15, 0.2) is 0 Å². The molecule has 4 aromatic rings. The molecule has 0 amide bonds. The fourth-order valence-corrected chi connectivity index (χ4v) is 2.94. The summed E-state index contributed by atoms with van der Waals surface area (Å²) in [6.45, 7) is 1.86. The topological polar surface area (TPSA) is 118 Å². The zero-order chi connectivity index (χ0) is 19.7. The predicted molar refractivity (Wildman–Crippen MR) is 102 cm³/mol. The number of nitriles is 1. The molecule has 8 nitrogen and oxygen atoms in total. The Hall–Kier alpha value is -4.06. The summed E-state index contributed by atoms with van der Waals surface area (Å²) < 4.78 is 15.7. The van der Waals surface area contributed by atoms with E-state index in [-0.39, 0.29) is 23.4 Å². The molecule has 9 heteroatoms. The molecule has 3 N–H and O–H groups in total. The van der Waals surface area contributed by atoms with Gasteiger partial charge in [-0.3, -0.25) is 4.57 Å². The molecule has 0 fully saturated rings. The fraction of sp³-hybridized carbons (Fsp3) is 0.105. The second-order valence-corrected chi connectivity index (χ2v) is 6.09. The van der Waals surface area contributed by atoms with Crippen LogP contribution in [0.5, 0.6) is 0 Å². The van der Waals surface area contributed by atoms with Gasteiger partial charge < -0.3 is 11.1 Å². The molecule has 1 aromatic carbocycles. The molecule has 0 aliphatic heterocycles. The van der Waals surface area contributed by atoms with E-state index in [1.165, 1.54) is 18.3 Å². The minimum absolute atomic E-state index is 0.0500. The minimum atomic E-state index is -0.390. The van der Waals surface area contributed by atoms with Crippen LogP contribution in [0.15, 0.2) is 48.8 Å². The van der Waals surface area contributed by atoms with E-state index >= 15 is 0 Å². The number of nitrogens with two attached hydrogens (primary N) is 1. The molecule has 138 valence electrons. The highest BCUT2D eigenvalue weighted by Gasteiger charge is 2.20. The number of halogens is 1. The Kier molecular flexibility index (Phi) is 4.29. The van der Waals surface area contributed by atoms with Gasteiger partial charge >= 0.3 is 0 Å². The van der Waals surface area contributed by atoms with Gasteiger partial charge in [-0.05, 0) is 31.2 Å². The summed E-state index contributed by atoms with van der Waals surface area (Å²) in [4.78, 5) is 16.9. The lowest BCUT2D eigenvalue weighted by Crippen LogP contribution is -2.16. The summed E-state index contributed by atoms with van der Waals surface area (Å²) >= 11 is 0. The first kappa shape index (κ1) is 17.4. The average Bonchev–Trinajstić information content (AvgIpc) is 3.07. The lowest BCUT2D eigenvalue weighted by molar-refractivity contribution is 0.629. The van der Waals surface area contributed by atoms with Crippen molar-refractivity contribution in [3.63, 3.8) is 0 Å². The van der Waals surface area contributed by atoms with Gasteiger partial charge in [-0.15, -0.1) is 0 Å². The molecule has 0 radical (unpaired) electrons. The van der Waals surface area contributed by atoms with Crippen molar-refractivity contribution < 1.29 is 4.39 Å². The number of aromatic nitrogens is 5. The summed E-state index contributed by atoms with van der Waals surface area (Å²) in [6.07, 6.45) is 3.01. The van der Waals surface area contributed by atoms with Crippen LogP contribution < -0.4 is 11.1 Å². The van der Waals surface area contributed by atoms with Crippen molar-refractivity contribution in [1.29, 1.82) is 5.26 Å². The van der Waals surface area contributed by atoms with Gasteiger partial charge in [0.25, 0.3) is 0 Å². The maximum Gasteiger partial charge on any atom is 0.222 e. The zero-order valence-corrected chi connectivity index (χ0v) is 14.8. The number of pyridine rings is 1. The smallest absolute Gasteiger partial charge is 0.222 e. The van der Waals surface area contributed by atoms with Crippen molar-refractivity contribution in [3.05, 3.63) is 66.0 Å². The summed E-state index contributed by atoms with van der Waals surface area (Å²) in [7, 11) is 0. The third-order valence-electron chi connectivity index (χ3n) is 4.19. The molecule has 28 heavy (non-hydrogen) atoms. The van der Waals surface area contributed by atoms with Crippen molar-refractivity contribution in [2.75, 3.05) is 11.1 Å². The van der Waals surface area contributed by atoms with E-state index in [4.69, 9.17) is 5.73 Å². The van der Waals surface area contributed by atoms with Crippen LogP contribution >= 0.6 is 0 Å². The van der Waals surface area contributed by atoms with E-state index in [0.29, 0.717) is 28.5 Å². The number of nitrogens with zero attached hydrogens (tertiary/aromatic N) is 6. The van der Waals surface area contributed by atoms with Gasteiger partial charge in [0.05, 0.1) is 23.3 Å². The maximum absolute atomic E-state index is 13.9. The summed E-state index contributed by atoms with van der Waals surface area (Å²) in [6, 6.07) is 11.5. The highest BCUT2D eigenvalue weighted by atomic mass is 19.1. The van der Waals surface area contributed by atoms with Crippen LogP contribution in [0.2, 0.25) is 0 Å². The van der Waals surface area contributed by atoms with E-state index in [9.17, 15) is 9.65 Å². The molecule has 1 atom stereocenters. The first-order valence-corrected chi connectivity index (χ1v) is 8.45. The molecule has 0 saturated heterocycles. The molecule has 4 rings (SSSR count). The maximum atomic E-state index is 13.9. The third kappa shape index (κ3) is 3.07. The number of benzene rings is 1. The highest BCUT2D eigenvalue weighted by molar-refractivity contribution is 5.78. The predicted octanol–water partition coefficient (Wildman–Crippen LogP) is 2.98. The van der Waals surface area contributed by atoms with Gasteiger partial charge in [-0.25, -0.2) is 19.3 Å². The number of nitrogens with one attached hydrogen (secondary N) is 1. The summed E-state index contributed by atoms with van der Waals surface area (Å²) in [5.74, 6) is 1.16. The van der Waals surface area contributed by atoms with Crippen LogP contribution in [0.1, 0.15) is 24.4 Å². The Labute approximate surface area is 159 Å². The van der Waals surface area contributed by atoms with Crippen LogP contribution in [-0.4, -0.2) is 24.5 Å². The SMILES string of the molecule is C[C@H](Nc1nc(N)ncc1C#N)c1nc2ccc(F)cc2n1-c1ccccn1. The monoisotopic (exact) mass is 374 g/mol. The van der Waals surface area contributed by atoms with E-state index in [0.717, 1.165) is 0 Å². The molecule has 0 aliphatic carbocycles. The Bertz CT molecular complexity index is 1200. The van der Waals surface area contributed by atoms with Crippen molar-refractivity contribution in [1.82, 2.24) is 24.5 Å². The number of hydrogen-bond acceptors (Lipinski definition) is 7. The van der Waals surface area contributed by atoms with Crippen LogP contribution in [0, 0.1) is 17.1 Å². The Morgan fingerprint density at radius 1 is 1.21 bits per heavy atom. The third-order valence-corrected chi connectivity index (χ3v) is 4.19. The van der Waals surface area contributed by atoms with E-state index in [2.05, 4.69) is 25.3 Å². The minimum Gasteiger partial charge on any atom is -0.368 e. The van der Waals surface area contributed by atoms with Crippen molar-refractivity contribution in [3.8, 4) is 11.9 Å². The Balaban J connectivity index is 1.85. The standard InChI is InChI=1S/C19H15FN8/c1-11(25-17-12(9-21)10-24-19(22)27-17)18-26-14-6-5-13(20)8-15(14)28(18)16-4-2-3-7-23-16/h2-8,10-11H,1H3,(H3,22,24,25,27)/t11-/m0/s1. The first-order chi connectivity index (χ1) is 13.6. The van der Waals surface area contributed by atoms with Gasteiger partial charge in [-0.1, -0.05) is 6.07 Å². The highest BCUT2D eigenvalue weighted by Crippen LogP contribution is 2.27. The van der Waals surface area contributed by atoms with Gasteiger partial charge in [-0.2, -0.15) is 10.2 Å². The van der Waals surface area contributed by atoms with Crippen LogP contribution in [0.3, 0.4) is 0 Å². The molecule has 0 bridgehead atoms. The second-order valence-electron chi connectivity index (χ2n) is 6.09. The number of hydrogen-bond donors (Lipinski definition) is 2. The number of anilines is 2. The van der Waals surface area contributed by atoms with Gasteiger partial charge in [0, 0.05) is 12.3 Å². The van der Waals surface area contributed by atoms with Crippen LogP contribution in [0.4, 0.5) is 16.2 Å². The van der Waals surface area contributed by atoms with Crippen molar-refractivity contribution >= 4 is 22.8 Å². The lowest BCUT2D eigenvalue weighted by atomic mass is 10.2. The summed E-state index contributed by atoms with van der Waals surface area (Å²) in [5, 5.41) is 12.4. The van der Waals surface area contributed by atoms with Crippen molar-refractivity contribution in [2.24, 2.45) is 0 Å². The number of imidazole rings is 1. The molecule has 3 heterocycles. The average molecular weight is 374 g/mol. The number of nitrogen functional groups attached to an aromatic ring is 1.